The Morgan fingerprint density at radius 3 is 2.56 bits per heavy atom. The topological polar surface area (TPSA) is 92.4 Å². The largest absolute Gasteiger partial charge is 0.477 e. The van der Waals surface area contributed by atoms with Crippen molar-refractivity contribution in [2.24, 2.45) is 5.73 Å². The van der Waals surface area contributed by atoms with E-state index >= 15 is 0 Å². The maximum Gasteiger partial charge on any atom is 0.345 e. The van der Waals surface area contributed by atoms with Crippen molar-refractivity contribution < 1.29 is 14.7 Å². The van der Waals surface area contributed by atoms with E-state index in [4.69, 9.17) is 10.8 Å². The lowest BCUT2D eigenvalue weighted by atomic mass is 10.1. The maximum absolute atomic E-state index is 11.0. The highest BCUT2D eigenvalue weighted by Gasteiger charge is 2.23. The summed E-state index contributed by atoms with van der Waals surface area (Å²) < 4.78 is 0. The van der Waals surface area contributed by atoms with Gasteiger partial charge in [0.1, 0.15) is 4.88 Å². The molecule has 1 rings (SSSR count). The van der Waals surface area contributed by atoms with E-state index in [1.54, 1.807) is 26.0 Å². The first kappa shape index (κ1) is 12.7. The number of hydrogen-bond donors (Lipinski definition) is 3. The number of carbonyl (C=O) groups excluding carboxylic acids is 1. The van der Waals surface area contributed by atoms with Gasteiger partial charge in [0.2, 0.25) is 5.91 Å². The average molecular weight is 242 g/mol. The van der Waals surface area contributed by atoms with E-state index < -0.39 is 17.4 Å². The zero-order valence-corrected chi connectivity index (χ0v) is 9.93. The third kappa shape index (κ3) is 3.04. The van der Waals surface area contributed by atoms with Crippen molar-refractivity contribution in [3.8, 4) is 0 Å². The molecule has 5 nitrogen and oxygen atoms in total. The number of nitrogens with two attached hydrogens (primary N) is 1. The van der Waals surface area contributed by atoms with Crippen molar-refractivity contribution >= 4 is 23.2 Å². The van der Waals surface area contributed by atoms with E-state index in [1.807, 2.05) is 0 Å². The summed E-state index contributed by atoms with van der Waals surface area (Å²) in [5.74, 6) is -1.38. The average Bonchev–Trinajstić information content (AvgIpc) is 2.63. The summed E-state index contributed by atoms with van der Waals surface area (Å²) in [4.78, 5) is 22.8. The molecule has 1 aromatic rings. The van der Waals surface area contributed by atoms with Crippen LogP contribution in [-0.2, 0) is 11.3 Å². The number of carbonyl (C=O) groups is 2. The lowest BCUT2D eigenvalue weighted by Gasteiger charge is -2.21. The molecule has 0 bridgehead atoms. The van der Waals surface area contributed by atoms with Gasteiger partial charge in [-0.05, 0) is 26.0 Å². The Balaban J connectivity index is 2.61. The van der Waals surface area contributed by atoms with E-state index in [1.165, 1.54) is 11.3 Å². The normalized spacial score (nSPS) is 11.4. The number of amides is 1. The number of primary amides is 1. The fourth-order valence-corrected chi connectivity index (χ4v) is 1.77. The van der Waals surface area contributed by atoms with Crippen molar-refractivity contribution in [1.29, 1.82) is 0 Å². The summed E-state index contributed by atoms with van der Waals surface area (Å²) in [6, 6.07) is 3.26. The molecule has 0 saturated heterocycles. The number of carboxylic acids is 1. The molecular weight excluding hydrogens is 228 g/mol. The Morgan fingerprint density at radius 1 is 1.50 bits per heavy atom. The van der Waals surface area contributed by atoms with Crippen LogP contribution in [-0.4, -0.2) is 22.5 Å². The third-order valence-corrected chi connectivity index (χ3v) is 3.27. The first-order valence-electron chi connectivity index (χ1n) is 4.70. The van der Waals surface area contributed by atoms with E-state index in [0.717, 1.165) is 4.88 Å². The second kappa shape index (κ2) is 4.63. The molecule has 6 heteroatoms. The van der Waals surface area contributed by atoms with Crippen LogP contribution in [0.3, 0.4) is 0 Å². The van der Waals surface area contributed by atoms with E-state index in [0.29, 0.717) is 6.54 Å². The summed E-state index contributed by atoms with van der Waals surface area (Å²) >= 11 is 1.18. The lowest BCUT2D eigenvalue weighted by Crippen LogP contribution is -2.50. The Morgan fingerprint density at radius 2 is 2.12 bits per heavy atom. The van der Waals surface area contributed by atoms with Gasteiger partial charge in [-0.1, -0.05) is 0 Å². The molecule has 1 heterocycles. The van der Waals surface area contributed by atoms with Crippen LogP contribution in [0, 0.1) is 0 Å². The fourth-order valence-electron chi connectivity index (χ4n) is 0.983. The highest BCUT2D eigenvalue weighted by molar-refractivity contribution is 7.13. The molecule has 0 unspecified atom stereocenters. The minimum absolute atomic E-state index is 0.286. The summed E-state index contributed by atoms with van der Waals surface area (Å²) in [7, 11) is 0. The van der Waals surface area contributed by atoms with Gasteiger partial charge in [0, 0.05) is 11.4 Å². The minimum atomic E-state index is -0.939. The quantitative estimate of drug-likeness (QED) is 0.712. The van der Waals surface area contributed by atoms with Gasteiger partial charge in [0.05, 0.1) is 5.54 Å². The standard InChI is InChI=1S/C10H14N2O3S/c1-10(2,9(11)15)12-5-6-3-4-7(16-6)8(13)14/h3-4,12H,5H2,1-2H3,(H2,11,15)(H,13,14). The first-order chi connectivity index (χ1) is 7.33. The zero-order valence-electron chi connectivity index (χ0n) is 9.11. The van der Waals surface area contributed by atoms with Gasteiger partial charge in [-0.3, -0.25) is 10.1 Å². The van der Waals surface area contributed by atoms with Crippen LogP contribution in [0.15, 0.2) is 12.1 Å². The summed E-state index contributed by atoms with van der Waals surface area (Å²) in [6.07, 6.45) is 0. The van der Waals surface area contributed by atoms with Gasteiger partial charge >= 0.3 is 5.97 Å². The molecule has 0 aromatic carbocycles. The molecule has 1 aromatic heterocycles. The second-order valence-electron chi connectivity index (χ2n) is 3.91. The smallest absolute Gasteiger partial charge is 0.345 e. The monoisotopic (exact) mass is 242 g/mol. The van der Waals surface area contributed by atoms with E-state index in [2.05, 4.69) is 5.32 Å². The molecule has 16 heavy (non-hydrogen) atoms. The van der Waals surface area contributed by atoms with Crippen LogP contribution in [0.1, 0.15) is 28.4 Å². The fraction of sp³-hybridized carbons (Fsp3) is 0.400. The van der Waals surface area contributed by atoms with Gasteiger partial charge < -0.3 is 10.8 Å². The minimum Gasteiger partial charge on any atom is -0.477 e. The number of hydrogen-bond acceptors (Lipinski definition) is 4. The predicted molar refractivity (Wildman–Crippen MR) is 61.4 cm³/mol. The summed E-state index contributed by atoms with van der Waals surface area (Å²) in [6.45, 7) is 3.79. The van der Waals surface area contributed by atoms with Crippen molar-refractivity contribution in [3.63, 3.8) is 0 Å². The summed E-state index contributed by atoms with van der Waals surface area (Å²) in [5.41, 5.74) is 4.40. The number of aromatic carboxylic acids is 1. The molecule has 0 aliphatic carbocycles. The van der Waals surface area contributed by atoms with Crippen LogP contribution in [0.4, 0.5) is 0 Å². The van der Waals surface area contributed by atoms with Crippen LogP contribution in [0.25, 0.3) is 0 Å². The van der Waals surface area contributed by atoms with E-state index in [9.17, 15) is 9.59 Å². The van der Waals surface area contributed by atoms with Crippen molar-refractivity contribution in [2.75, 3.05) is 0 Å². The molecule has 88 valence electrons. The first-order valence-corrected chi connectivity index (χ1v) is 5.51. The predicted octanol–water partition coefficient (Wildman–Crippen LogP) is 0.800. The number of thiophene rings is 1. The molecule has 0 spiro atoms. The highest BCUT2D eigenvalue weighted by atomic mass is 32.1. The number of carboxylic acid groups (broad SMARTS) is 1. The van der Waals surface area contributed by atoms with E-state index in [-0.39, 0.29) is 4.88 Å². The molecule has 0 aliphatic heterocycles. The molecule has 4 N–H and O–H groups in total. The number of nitrogens with one attached hydrogen (secondary N) is 1. The van der Waals surface area contributed by atoms with Crippen LogP contribution in [0.2, 0.25) is 0 Å². The third-order valence-electron chi connectivity index (χ3n) is 2.19. The molecule has 0 atom stereocenters. The Hall–Kier alpha value is -1.40. The molecule has 0 aliphatic rings. The van der Waals surface area contributed by atoms with Gasteiger partial charge in [0.25, 0.3) is 0 Å². The Labute approximate surface area is 97.3 Å². The van der Waals surface area contributed by atoms with Gasteiger partial charge in [-0.15, -0.1) is 11.3 Å². The lowest BCUT2D eigenvalue weighted by molar-refractivity contribution is -0.123. The van der Waals surface area contributed by atoms with Crippen molar-refractivity contribution in [3.05, 3.63) is 21.9 Å². The highest BCUT2D eigenvalue weighted by Crippen LogP contribution is 2.17. The van der Waals surface area contributed by atoms with Gasteiger partial charge in [-0.2, -0.15) is 0 Å². The SMILES string of the molecule is CC(C)(NCc1ccc(C(=O)O)s1)C(N)=O. The van der Waals surface area contributed by atoms with Crippen LogP contribution in [0.5, 0.6) is 0 Å². The van der Waals surface area contributed by atoms with Gasteiger partial charge in [0.15, 0.2) is 0 Å². The molecular formula is C10H14N2O3S. The second-order valence-corrected chi connectivity index (χ2v) is 5.08. The maximum atomic E-state index is 11.0. The number of rotatable bonds is 5. The van der Waals surface area contributed by atoms with Gasteiger partial charge in [-0.25, -0.2) is 4.79 Å². The Bertz CT molecular complexity index is 412. The van der Waals surface area contributed by atoms with Crippen molar-refractivity contribution in [2.45, 2.75) is 25.9 Å². The molecule has 0 fully saturated rings. The van der Waals surface area contributed by atoms with Crippen LogP contribution >= 0.6 is 11.3 Å². The summed E-state index contributed by atoms with van der Waals surface area (Å²) in [5, 5.41) is 11.7. The molecule has 0 radical (unpaired) electrons. The Kier molecular flexibility index (Phi) is 3.66. The van der Waals surface area contributed by atoms with Crippen molar-refractivity contribution in [1.82, 2.24) is 5.32 Å². The molecule has 0 saturated carbocycles. The zero-order chi connectivity index (χ0) is 12.3. The van der Waals surface area contributed by atoms with Crippen LogP contribution < -0.4 is 11.1 Å². The molecule has 1 amide bonds.